The smallest absolute Gasteiger partial charge is 0.263 e. The summed E-state index contributed by atoms with van der Waals surface area (Å²) in [5, 5.41) is 0. The molecule has 0 spiro atoms. The van der Waals surface area contributed by atoms with Crippen molar-refractivity contribution in [1.29, 1.82) is 0 Å². The van der Waals surface area contributed by atoms with Crippen molar-refractivity contribution in [3.05, 3.63) is 60.7 Å². The highest BCUT2D eigenvalue weighted by molar-refractivity contribution is 5.83. The van der Waals surface area contributed by atoms with Crippen molar-refractivity contribution in [3.8, 4) is 11.5 Å². The number of hydrogen-bond acceptors (Lipinski definition) is 4. The number of ether oxygens (including phenoxy) is 2. The van der Waals surface area contributed by atoms with Gasteiger partial charge in [0, 0.05) is 26.2 Å². The highest BCUT2D eigenvalue weighted by Gasteiger charge is 2.32. The molecule has 2 atom stereocenters. The molecule has 0 aromatic heterocycles. The van der Waals surface area contributed by atoms with Crippen LogP contribution in [-0.2, 0) is 9.59 Å². The molecule has 160 valence electrons. The van der Waals surface area contributed by atoms with Gasteiger partial charge in [0.25, 0.3) is 11.8 Å². The van der Waals surface area contributed by atoms with Crippen LogP contribution in [0.25, 0.3) is 0 Å². The van der Waals surface area contributed by atoms with Crippen LogP contribution in [0.2, 0.25) is 0 Å². The predicted octanol–water partition coefficient (Wildman–Crippen LogP) is 3.37. The van der Waals surface area contributed by atoms with Crippen LogP contribution in [0.15, 0.2) is 60.7 Å². The van der Waals surface area contributed by atoms with E-state index in [1.165, 1.54) is 0 Å². The summed E-state index contributed by atoms with van der Waals surface area (Å²) < 4.78 is 11.8. The number of rotatable bonds is 8. The van der Waals surface area contributed by atoms with Gasteiger partial charge in [-0.2, -0.15) is 0 Å². The Morgan fingerprint density at radius 1 is 0.700 bits per heavy atom. The first kappa shape index (κ1) is 21.7. The Kier molecular flexibility index (Phi) is 7.71. The first-order chi connectivity index (χ1) is 14.6. The molecule has 6 nitrogen and oxygen atoms in total. The van der Waals surface area contributed by atoms with Crippen LogP contribution in [0, 0.1) is 0 Å². The zero-order chi connectivity index (χ0) is 21.3. The molecule has 6 heteroatoms. The molecule has 30 heavy (non-hydrogen) atoms. The van der Waals surface area contributed by atoms with E-state index in [9.17, 15) is 9.59 Å². The van der Waals surface area contributed by atoms with Crippen molar-refractivity contribution in [3.63, 3.8) is 0 Å². The summed E-state index contributed by atoms with van der Waals surface area (Å²) in [5.41, 5.74) is 0. The lowest BCUT2D eigenvalue weighted by Gasteiger charge is -2.37. The maximum atomic E-state index is 12.9. The first-order valence-corrected chi connectivity index (χ1v) is 10.6. The van der Waals surface area contributed by atoms with Crippen LogP contribution in [0.4, 0.5) is 0 Å². The molecule has 0 saturated carbocycles. The van der Waals surface area contributed by atoms with E-state index in [1.807, 2.05) is 74.5 Å². The first-order valence-electron chi connectivity index (χ1n) is 10.6. The van der Waals surface area contributed by atoms with Crippen molar-refractivity contribution in [2.45, 2.75) is 38.9 Å². The lowest BCUT2D eigenvalue weighted by molar-refractivity contribution is -0.147. The molecule has 2 amide bonds. The van der Waals surface area contributed by atoms with Gasteiger partial charge in [0.2, 0.25) is 0 Å². The van der Waals surface area contributed by atoms with Gasteiger partial charge in [-0.1, -0.05) is 50.2 Å². The molecule has 0 aliphatic carbocycles. The number of para-hydroxylation sites is 2. The van der Waals surface area contributed by atoms with E-state index in [4.69, 9.17) is 9.47 Å². The fourth-order valence-corrected chi connectivity index (χ4v) is 3.50. The van der Waals surface area contributed by atoms with E-state index in [2.05, 4.69) is 0 Å². The number of nitrogens with zero attached hydrogens (tertiary/aromatic N) is 2. The van der Waals surface area contributed by atoms with Crippen LogP contribution in [0.5, 0.6) is 11.5 Å². The minimum Gasteiger partial charge on any atom is -0.481 e. The summed E-state index contributed by atoms with van der Waals surface area (Å²) in [7, 11) is 0. The molecular weight excluding hydrogens is 380 g/mol. The number of hydrogen-bond donors (Lipinski definition) is 0. The lowest BCUT2D eigenvalue weighted by Crippen LogP contribution is -2.55. The number of amides is 2. The second-order valence-electron chi connectivity index (χ2n) is 7.31. The lowest BCUT2D eigenvalue weighted by atomic mass is 10.2. The Morgan fingerprint density at radius 2 is 1.03 bits per heavy atom. The van der Waals surface area contributed by atoms with Crippen molar-refractivity contribution in [2.75, 3.05) is 26.2 Å². The topological polar surface area (TPSA) is 59.1 Å². The summed E-state index contributed by atoms with van der Waals surface area (Å²) in [4.78, 5) is 29.4. The summed E-state index contributed by atoms with van der Waals surface area (Å²) in [6.07, 6.45) is 0.157. The third-order valence-electron chi connectivity index (χ3n) is 5.24. The molecule has 0 radical (unpaired) electrons. The summed E-state index contributed by atoms with van der Waals surface area (Å²) in [6, 6.07) is 18.8. The number of benzene rings is 2. The van der Waals surface area contributed by atoms with Crippen molar-refractivity contribution in [2.24, 2.45) is 0 Å². The fourth-order valence-electron chi connectivity index (χ4n) is 3.50. The summed E-state index contributed by atoms with van der Waals surface area (Å²) in [5.74, 6) is 1.33. The van der Waals surface area contributed by atoms with Gasteiger partial charge in [0.05, 0.1) is 0 Å². The number of piperazine rings is 1. The Hall–Kier alpha value is -3.02. The van der Waals surface area contributed by atoms with Gasteiger partial charge in [0.1, 0.15) is 11.5 Å². The zero-order valence-corrected chi connectivity index (χ0v) is 17.7. The van der Waals surface area contributed by atoms with E-state index >= 15 is 0 Å². The molecule has 2 aromatic carbocycles. The van der Waals surface area contributed by atoms with Crippen LogP contribution in [0.1, 0.15) is 26.7 Å². The summed E-state index contributed by atoms with van der Waals surface area (Å²) >= 11 is 0. The van der Waals surface area contributed by atoms with Crippen molar-refractivity contribution < 1.29 is 19.1 Å². The van der Waals surface area contributed by atoms with E-state index in [-0.39, 0.29) is 11.8 Å². The molecule has 0 unspecified atom stereocenters. The normalized spacial score (nSPS) is 15.9. The van der Waals surface area contributed by atoms with Crippen LogP contribution < -0.4 is 9.47 Å². The molecule has 0 N–H and O–H groups in total. The highest BCUT2D eigenvalue weighted by atomic mass is 16.5. The zero-order valence-electron chi connectivity index (χ0n) is 17.7. The minimum atomic E-state index is -0.514. The Balaban J connectivity index is 1.53. The molecule has 1 saturated heterocycles. The van der Waals surface area contributed by atoms with Gasteiger partial charge in [-0.05, 0) is 37.1 Å². The van der Waals surface area contributed by atoms with Gasteiger partial charge in [-0.25, -0.2) is 0 Å². The maximum absolute atomic E-state index is 12.9. The van der Waals surface area contributed by atoms with Crippen molar-refractivity contribution >= 4 is 11.8 Å². The van der Waals surface area contributed by atoms with Gasteiger partial charge in [-0.3, -0.25) is 9.59 Å². The Labute approximate surface area is 178 Å². The largest absolute Gasteiger partial charge is 0.481 e. The van der Waals surface area contributed by atoms with Gasteiger partial charge in [0.15, 0.2) is 12.2 Å². The van der Waals surface area contributed by atoms with E-state index in [0.717, 1.165) is 0 Å². The average Bonchev–Trinajstić information content (AvgIpc) is 2.81. The molecule has 1 fully saturated rings. The van der Waals surface area contributed by atoms with E-state index in [0.29, 0.717) is 50.5 Å². The molecular formula is C24H30N2O4. The highest BCUT2D eigenvalue weighted by Crippen LogP contribution is 2.17. The Bertz CT molecular complexity index is 735. The number of carbonyl (C=O) groups excluding carboxylic acids is 2. The number of carbonyl (C=O) groups is 2. The molecule has 1 aliphatic heterocycles. The van der Waals surface area contributed by atoms with Crippen molar-refractivity contribution in [1.82, 2.24) is 9.80 Å². The fraction of sp³-hybridized carbons (Fsp3) is 0.417. The predicted molar refractivity (Wildman–Crippen MR) is 115 cm³/mol. The maximum Gasteiger partial charge on any atom is 0.263 e. The standard InChI is InChI=1S/C24H30N2O4/c1-3-21(29-19-11-7-5-8-12-19)23(27)25-15-17-26(18-16-25)24(28)22(4-2)30-20-13-9-6-10-14-20/h5-14,21-22H,3-4,15-18H2,1-2H3/t21-,22-/m0/s1. The minimum absolute atomic E-state index is 0.0268. The van der Waals surface area contributed by atoms with Gasteiger partial charge >= 0.3 is 0 Å². The monoisotopic (exact) mass is 410 g/mol. The van der Waals surface area contributed by atoms with Gasteiger partial charge in [-0.15, -0.1) is 0 Å². The molecule has 0 bridgehead atoms. The van der Waals surface area contributed by atoms with Gasteiger partial charge < -0.3 is 19.3 Å². The molecule has 3 rings (SSSR count). The SMILES string of the molecule is CC[C@H](Oc1ccccc1)C(=O)N1CCN(C(=O)[C@H](CC)Oc2ccccc2)CC1. The summed E-state index contributed by atoms with van der Waals surface area (Å²) in [6.45, 7) is 5.89. The molecule has 1 aliphatic rings. The van der Waals surface area contributed by atoms with Crippen LogP contribution in [0.3, 0.4) is 0 Å². The molecule has 2 aromatic rings. The average molecular weight is 411 g/mol. The second kappa shape index (κ2) is 10.7. The van der Waals surface area contributed by atoms with E-state index < -0.39 is 12.2 Å². The molecule has 1 heterocycles. The second-order valence-corrected chi connectivity index (χ2v) is 7.31. The quantitative estimate of drug-likeness (QED) is 0.670. The third-order valence-corrected chi connectivity index (χ3v) is 5.24. The van der Waals surface area contributed by atoms with E-state index in [1.54, 1.807) is 9.80 Å². The third kappa shape index (κ3) is 5.53. The van der Waals surface area contributed by atoms with Crippen LogP contribution in [-0.4, -0.2) is 60.0 Å². The van der Waals surface area contributed by atoms with Crippen LogP contribution >= 0.6 is 0 Å². The Morgan fingerprint density at radius 3 is 1.33 bits per heavy atom.